The van der Waals surface area contributed by atoms with Crippen LogP contribution >= 0.6 is 11.6 Å². The fourth-order valence-electron chi connectivity index (χ4n) is 3.61. The molecule has 0 atom stereocenters. The van der Waals surface area contributed by atoms with Gasteiger partial charge in [0.2, 0.25) is 5.88 Å². The first kappa shape index (κ1) is 18.3. The van der Waals surface area contributed by atoms with Crippen LogP contribution in [0, 0.1) is 0 Å². The number of ether oxygens (including phenoxy) is 2. The Balaban J connectivity index is 1.46. The molecule has 27 heavy (non-hydrogen) atoms. The molecule has 0 saturated heterocycles. The number of hydrogen-bond acceptors (Lipinski definition) is 5. The van der Waals surface area contributed by atoms with E-state index < -0.39 is 17.3 Å². The molecule has 2 aromatic heterocycles. The third-order valence-electron chi connectivity index (χ3n) is 4.90. The summed E-state index contributed by atoms with van der Waals surface area (Å²) in [6.07, 6.45) is 6.88. The van der Waals surface area contributed by atoms with Gasteiger partial charge in [-0.2, -0.15) is 10.1 Å². The fraction of sp³-hybridized carbons (Fsp3) is 0.632. The Bertz CT molecular complexity index is 879. The molecule has 146 valence electrons. The van der Waals surface area contributed by atoms with Crippen molar-refractivity contribution in [3.05, 3.63) is 23.1 Å². The SMILES string of the molecule is CC(C)(C)OC(=O)NC1CC(C)(Oc2nc(Cl)cn3ncc(C4CC4)c23)C1. The van der Waals surface area contributed by atoms with Crippen LogP contribution < -0.4 is 10.1 Å². The number of nitrogens with one attached hydrogen (secondary N) is 1. The number of nitrogens with zero attached hydrogens (tertiary/aromatic N) is 3. The number of amides is 1. The lowest BCUT2D eigenvalue weighted by atomic mass is 9.77. The monoisotopic (exact) mass is 392 g/mol. The van der Waals surface area contributed by atoms with Crippen LogP contribution in [0.2, 0.25) is 5.15 Å². The molecule has 0 radical (unpaired) electrons. The molecular formula is C19H25ClN4O3. The maximum atomic E-state index is 11.9. The second-order valence-corrected chi connectivity index (χ2v) is 9.23. The van der Waals surface area contributed by atoms with E-state index in [4.69, 9.17) is 21.1 Å². The van der Waals surface area contributed by atoms with E-state index in [1.165, 1.54) is 18.4 Å². The van der Waals surface area contributed by atoms with Crippen molar-refractivity contribution in [3.63, 3.8) is 0 Å². The zero-order valence-electron chi connectivity index (χ0n) is 16.1. The summed E-state index contributed by atoms with van der Waals surface area (Å²) >= 11 is 6.15. The van der Waals surface area contributed by atoms with E-state index in [2.05, 4.69) is 15.4 Å². The molecule has 7 nitrogen and oxygen atoms in total. The predicted molar refractivity (Wildman–Crippen MR) is 101 cm³/mol. The van der Waals surface area contributed by atoms with Crippen LogP contribution in [0.5, 0.6) is 5.88 Å². The number of carbonyl (C=O) groups is 1. The smallest absolute Gasteiger partial charge is 0.407 e. The number of carbonyl (C=O) groups excluding carboxylic acids is 1. The van der Waals surface area contributed by atoms with Gasteiger partial charge in [0.15, 0.2) is 5.15 Å². The lowest BCUT2D eigenvalue weighted by Crippen LogP contribution is -2.57. The van der Waals surface area contributed by atoms with Gasteiger partial charge < -0.3 is 14.8 Å². The summed E-state index contributed by atoms with van der Waals surface area (Å²) in [4.78, 5) is 16.3. The third kappa shape index (κ3) is 3.98. The maximum absolute atomic E-state index is 11.9. The Morgan fingerprint density at radius 3 is 2.70 bits per heavy atom. The van der Waals surface area contributed by atoms with Crippen molar-refractivity contribution in [1.29, 1.82) is 0 Å². The Labute approximate surface area is 163 Å². The Morgan fingerprint density at radius 2 is 2.07 bits per heavy atom. The summed E-state index contributed by atoms with van der Waals surface area (Å²) in [5, 5.41) is 7.64. The lowest BCUT2D eigenvalue weighted by Gasteiger charge is -2.44. The van der Waals surface area contributed by atoms with Gasteiger partial charge >= 0.3 is 6.09 Å². The highest BCUT2D eigenvalue weighted by Crippen LogP contribution is 2.45. The van der Waals surface area contributed by atoms with E-state index in [1.807, 2.05) is 33.9 Å². The molecule has 2 fully saturated rings. The van der Waals surface area contributed by atoms with Crippen LogP contribution in [0.15, 0.2) is 12.4 Å². The van der Waals surface area contributed by atoms with Crippen LogP contribution in [-0.4, -0.2) is 37.9 Å². The van der Waals surface area contributed by atoms with Gasteiger partial charge in [0.25, 0.3) is 0 Å². The molecule has 0 aliphatic heterocycles. The first-order valence-electron chi connectivity index (χ1n) is 9.34. The summed E-state index contributed by atoms with van der Waals surface area (Å²) in [5.74, 6) is 1.05. The van der Waals surface area contributed by atoms with Crippen molar-refractivity contribution in [3.8, 4) is 5.88 Å². The van der Waals surface area contributed by atoms with Gasteiger partial charge in [-0.3, -0.25) is 0 Å². The number of halogens is 1. The Kier molecular flexibility index (Phi) is 4.25. The minimum atomic E-state index is -0.509. The minimum absolute atomic E-state index is 0.0212. The van der Waals surface area contributed by atoms with Gasteiger partial charge in [-0.05, 0) is 46.5 Å². The predicted octanol–water partition coefficient (Wildman–Crippen LogP) is 4.08. The molecule has 1 amide bonds. The number of alkyl carbamates (subject to hydrolysis) is 1. The number of rotatable bonds is 4. The van der Waals surface area contributed by atoms with Gasteiger partial charge in [0.05, 0.1) is 12.4 Å². The zero-order chi connectivity index (χ0) is 19.4. The van der Waals surface area contributed by atoms with Crippen molar-refractivity contribution < 1.29 is 14.3 Å². The molecular weight excluding hydrogens is 368 g/mol. The van der Waals surface area contributed by atoms with Gasteiger partial charge in [0.1, 0.15) is 16.7 Å². The van der Waals surface area contributed by atoms with E-state index in [9.17, 15) is 4.79 Å². The van der Waals surface area contributed by atoms with Gasteiger partial charge in [-0.15, -0.1) is 0 Å². The standard InChI is InChI=1S/C19H25ClN4O3/c1-18(2,3)27-17(25)22-12-7-19(4,8-12)26-16-15-13(11-5-6-11)9-21-24(15)10-14(20)23-16/h9-12H,5-8H2,1-4H3,(H,22,25). The number of fused-ring (bicyclic) bond motifs is 1. The van der Waals surface area contributed by atoms with Gasteiger partial charge in [0, 0.05) is 24.4 Å². The molecule has 2 heterocycles. The molecule has 1 N–H and O–H groups in total. The molecule has 2 aliphatic carbocycles. The first-order chi connectivity index (χ1) is 12.6. The molecule has 2 aliphatic rings. The quantitative estimate of drug-likeness (QED) is 0.848. The summed E-state index contributed by atoms with van der Waals surface area (Å²) in [5.41, 5.74) is 1.14. The van der Waals surface area contributed by atoms with E-state index in [0.717, 1.165) is 5.52 Å². The van der Waals surface area contributed by atoms with Crippen molar-refractivity contribution in [2.24, 2.45) is 0 Å². The van der Waals surface area contributed by atoms with Gasteiger partial charge in [-0.1, -0.05) is 11.6 Å². The fourth-order valence-corrected chi connectivity index (χ4v) is 3.78. The third-order valence-corrected chi connectivity index (χ3v) is 5.08. The topological polar surface area (TPSA) is 77.8 Å². The molecule has 0 unspecified atom stereocenters. The summed E-state index contributed by atoms with van der Waals surface area (Å²) in [7, 11) is 0. The highest BCUT2D eigenvalue weighted by atomic mass is 35.5. The van der Waals surface area contributed by atoms with Gasteiger partial charge in [-0.25, -0.2) is 9.31 Å². The minimum Gasteiger partial charge on any atom is -0.470 e. The average molecular weight is 393 g/mol. The van der Waals surface area contributed by atoms with E-state index in [-0.39, 0.29) is 6.04 Å². The van der Waals surface area contributed by atoms with Crippen LogP contribution in [0.4, 0.5) is 4.79 Å². The number of aromatic nitrogens is 3. The van der Waals surface area contributed by atoms with Crippen molar-refractivity contribution in [2.45, 2.75) is 76.5 Å². The summed E-state index contributed by atoms with van der Waals surface area (Å²) in [6.45, 7) is 7.56. The molecule has 2 saturated carbocycles. The molecule has 4 rings (SSSR count). The first-order valence-corrected chi connectivity index (χ1v) is 9.72. The van der Waals surface area contributed by atoms with Crippen LogP contribution in [-0.2, 0) is 4.74 Å². The van der Waals surface area contributed by atoms with Crippen molar-refractivity contribution in [1.82, 2.24) is 19.9 Å². The van der Waals surface area contributed by atoms with Crippen molar-refractivity contribution >= 4 is 23.2 Å². The number of hydrogen-bond donors (Lipinski definition) is 1. The molecule has 0 spiro atoms. The lowest BCUT2D eigenvalue weighted by molar-refractivity contribution is -0.0217. The Hall–Kier alpha value is -2.02. The highest BCUT2D eigenvalue weighted by molar-refractivity contribution is 6.29. The molecule has 2 aromatic rings. The van der Waals surface area contributed by atoms with Crippen LogP contribution in [0.25, 0.3) is 5.52 Å². The molecule has 8 heteroatoms. The zero-order valence-corrected chi connectivity index (χ0v) is 16.8. The van der Waals surface area contributed by atoms with Crippen LogP contribution in [0.3, 0.4) is 0 Å². The maximum Gasteiger partial charge on any atom is 0.407 e. The second-order valence-electron chi connectivity index (χ2n) is 8.84. The average Bonchev–Trinajstić information content (AvgIpc) is 3.23. The van der Waals surface area contributed by atoms with E-state index in [0.29, 0.717) is 29.8 Å². The van der Waals surface area contributed by atoms with Crippen molar-refractivity contribution in [2.75, 3.05) is 0 Å². The summed E-state index contributed by atoms with van der Waals surface area (Å²) < 4.78 is 13.3. The molecule has 0 aromatic carbocycles. The highest BCUT2D eigenvalue weighted by Gasteiger charge is 2.45. The summed E-state index contributed by atoms with van der Waals surface area (Å²) in [6, 6.07) is 0.0212. The normalized spacial score (nSPS) is 25.1. The Morgan fingerprint density at radius 1 is 1.37 bits per heavy atom. The van der Waals surface area contributed by atoms with E-state index in [1.54, 1.807) is 10.7 Å². The molecule has 0 bridgehead atoms. The van der Waals surface area contributed by atoms with Crippen LogP contribution in [0.1, 0.15) is 64.9 Å². The largest absolute Gasteiger partial charge is 0.470 e. The van der Waals surface area contributed by atoms with E-state index >= 15 is 0 Å². The second kappa shape index (κ2) is 6.26.